The van der Waals surface area contributed by atoms with Crippen LogP contribution in [0, 0.1) is 6.92 Å². The Bertz CT molecular complexity index is 1140. The number of aryl methyl sites for hydroxylation is 1. The number of para-hydroxylation sites is 1. The van der Waals surface area contributed by atoms with E-state index in [1.807, 2.05) is 25.1 Å². The number of halogens is 2. The summed E-state index contributed by atoms with van der Waals surface area (Å²) < 4.78 is 5.69. The number of urea groups is 1. The van der Waals surface area contributed by atoms with Crippen molar-refractivity contribution >= 4 is 47.1 Å². The number of hydrogen-bond donors (Lipinski definition) is 3. The first-order valence-electron chi connectivity index (χ1n) is 9.43. The zero-order chi connectivity index (χ0) is 23.1. The van der Waals surface area contributed by atoms with Crippen LogP contribution in [0.3, 0.4) is 0 Å². The van der Waals surface area contributed by atoms with E-state index in [1.165, 1.54) is 18.3 Å². The molecule has 0 radical (unpaired) electrons. The van der Waals surface area contributed by atoms with Crippen molar-refractivity contribution in [3.05, 3.63) is 93.0 Å². The van der Waals surface area contributed by atoms with Gasteiger partial charge in [-0.05, 0) is 53.9 Å². The molecule has 3 aromatic rings. The number of ether oxygens (including phenoxy) is 1. The number of hydrazone groups is 1. The molecule has 0 aromatic heterocycles. The average Bonchev–Trinajstić information content (AvgIpc) is 2.75. The summed E-state index contributed by atoms with van der Waals surface area (Å²) >= 11 is 12.6. The first-order valence-corrected chi connectivity index (χ1v) is 10.2. The van der Waals surface area contributed by atoms with E-state index in [-0.39, 0.29) is 28.0 Å². The van der Waals surface area contributed by atoms with Gasteiger partial charge < -0.3 is 15.2 Å². The molecular formula is C23H19Cl2N3O4. The first kappa shape index (κ1) is 23.1. The molecule has 2 amide bonds. The maximum atomic E-state index is 12.0. The molecular weight excluding hydrogens is 453 g/mol. The lowest BCUT2D eigenvalue weighted by Crippen LogP contribution is -2.24. The van der Waals surface area contributed by atoms with E-state index in [0.29, 0.717) is 11.3 Å². The van der Waals surface area contributed by atoms with Crippen LogP contribution < -0.4 is 15.5 Å². The number of hydrogen-bond acceptors (Lipinski definition) is 4. The highest BCUT2D eigenvalue weighted by molar-refractivity contribution is 6.37. The van der Waals surface area contributed by atoms with Crippen molar-refractivity contribution in [1.29, 1.82) is 0 Å². The van der Waals surface area contributed by atoms with Crippen molar-refractivity contribution < 1.29 is 19.4 Å². The number of benzene rings is 3. The average molecular weight is 472 g/mol. The summed E-state index contributed by atoms with van der Waals surface area (Å²) in [6.45, 7) is 2.05. The standard InChI is InChI=1S/C23H19Cl2N3O4/c1-14-4-2-3-5-20(14)27-23(31)28-26-12-16-10-18(24)21(19(25)11-16)32-13-15-6-8-17(9-7-15)22(29)30/h2-12H,13H2,1H3,(H,29,30)(H2,27,28,31). The van der Waals surface area contributed by atoms with E-state index in [1.54, 1.807) is 30.3 Å². The summed E-state index contributed by atoms with van der Waals surface area (Å²) in [7, 11) is 0. The van der Waals surface area contributed by atoms with Crippen molar-refractivity contribution in [1.82, 2.24) is 5.43 Å². The maximum Gasteiger partial charge on any atom is 0.339 e. The molecule has 0 unspecified atom stereocenters. The minimum absolute atomic E-state index is 0.160. The molecule has 0 heterocycles. The third-order valence-corrected chi connectivity index (χ3v) is 4.94. The fraction of sp³-hybridized carbons (Fsp3) is 0.0870. The lowest BCUT2D eigenvalue weighted by Gasteiger charge is -2.11. The van der Waals surface area contributed by atoms with Gasteiger partial charge >= 0.3 is 12.0 Å². The Balaban J connectivity index is 1.59. The monoisotopic (exact) mass is 471 g/mol. The van der Waals surface area contributed by atoms with Crippen LogP contribution in [0.25, 0.3) is 0 Å². The smallest absolute Gasteiger partial charge is 0.339 e. The summed E-state index contributed by atoms with van der Waals surface area (Å²) in [4.78, 5) is 22.9. The van der Waals surface area contributed by atoms with Gasteiger partial charge in [-0.2, -0.15) is 5.10 Å². The van der Waals surface area contributed by atoms with Gasteiger partial charge in [-0.3, -0.25) is 0 Å². The highest BCUT2D eigenvalue weighted by atomic mass is 35.5. The van der Waals surface area contributed by atoms with E-state index in [4.69, 9.17) is 33.0 Å². The largest absolute Gasteiger partial charge is 0.486 e. The van der Waals surface area contributed by atoms with Crippen molar-refractivity contribution in [2.24, 2.45) is 5.10 Å². The van der Waals surface area contributed by atoms with Gasteiger partial charge in [0.15, 0.2) is 5.75 Å². The van der Waals surface area contributed by atoms with E-state index >= 15 is 0 Å². The Morgan fingerprint density at radius 2 is 1.72 bits per heavy atom. The van der Waals surface area contributed by atoms with Crippen LogP contribution in [0.15, 0.2) is 65.8 Å². The highest BCUT2D eigenvalue weighted by Crippen LogP contribution is 2.34. The van der Waals surface area contributed by atoms with Crippen LogP contribution in [0.1, 0.15) is 27.0 Å². The van der Waals surface area contributed by atoms with Crippen molar-refractivity contribution in [2.75, 3.05) is 5.32 Å². The second-order valence-electron chi connectivity index (χ2n) is 6.74. The Morgan fingerprint density at radius 3 is 2.34 bits per heavy atom. The van der Waals surface area contributed by atoms with Gasteiger partial charge in [-0.15, -0.1) is 0 Å². The van der Waals surface area contributed by atoms with Crippen molar-refractivity contribution in [3.8, 4) is 5.75 Å². The zero-order valence-electron chi connectivity index (χ0n) is 16.9. The van der Waals surface area contributed by atoms with Crippen LogP contribution in [0.4, 0.5) is 10.5 Å². The lowest BCUT2D eigenvalue weighted by atomic mass is 10.1. The molecule has 0 atom stereocenters. The predicted molar refractivity (Wildman–Crippen MR) is 125 cm³/mol. The Hall–Kier alpha value is -3.55. The number of nitrogens with zero attached hydrogens (tertiary/aromatic N) is 1. The first-order chi connectivity index (χ1) is 15.3. The van der Waals surface area contributed by atoms with Crippen LogP contribution in [-0.4, -0.2) is 23.3 Å². The summed E-state index contributed by atoms with van der Waals surface area (Å²) in [6.07, 6.45) is 1.41. The van der Waals surface area contributed by atoms with E-state index < -0.39 is 12.0 Å². The van der Waals surface area contributed by atoms with Crippen LogP contribution >= 0.6 is 23.2 Å². The quantitative estimate of drug-likeness (QED) is 0.302. The van der Waals surface area contributed by atoms with E-state index in [2.05, 4.69) is 15.8 Å². The number of amides is 2. The van der Waals surface area contributed by atoms with Crippen molar-refractivity contribution in [3.63, 3.8) is 0 Å². The number of nitrogens with one attached hydrogen (secondary N) is 2. The summed E-state index contributed by atoms with van der Waals surface area (Å²) in [5.41, 5.74) is 5.51. The molecule has 0 bridgehead atoms. The van der Waals surface area contributed by atoms with Gasteiger partial charge in [-0.25, -0.2) is 15.0 Å². The molecule has 0 spiro atoms. The Kier molecular flexibility index (Phi) is 7.70. The molecule has 0 saturated heterocycles. The highest BCUT2D eigenvalue weighted by Gasteiger charge is 2.10. The van der Waals surface area contributed by atoms with Crippen LogP contribution in [-0.2, 0) is 6.61 Å². The lowest BCUT2D eigenvalue weighted by molar-refractivity contribution is 0.0697. The third kappa shape index (κ3) is 6.23. The normalized spacial score (nSPS) is 10.7. The molecule has 3 rings (SSSR count). The molecule has 9 heteroatoms. The topological polar surface area (TPSA) is 100 Å². The zero-order valence-corrected chi connectivity index (χ0v) is 18.4. The molecule has 7 nitrogen and oxygen atoms in total. The van der Waals surface area contributed by atoms with E-state index in [9.17, 15) is 9.59 Å². The van der Waals surface area contributed by atoms with Gasteiger partial charge in [0.1, 0.15) is 6.61 Å². The second-order valence-corrected chi connectivity index (χ2v) is 7.56. The summed E-state index contributed by atoms with van der Waals surface area (Å²) in [5.74, 6) is -0.707. The number of carboxylic acids is 1. The van der Waals surface area contributed by atoms with Crippen LogP contribution in [0.2, 0.25) is 10.0 Å². The molecule has 0 fully saturated rings. The third-order valence-electron chi connectivity index (χ3n) is 4.38. The minimum Gasteiger partial charge on any atom is -0.486 e. The maximum absolute atomic E-state index is 12.0. The number of aromatic carboxylic acids is 1. The molecule has 0 aliphatic carbocycles. The Labute approximate surface area is 194 Å². The predicted octanol–water partition coefficient (Wildman–Crippen LogP) is 5.73. The Morgan fingerprint density at radius 1 is 1.06 bits per heavy atom. The van der Waals surface area contributed by atoms with E-state index in [0.717, 1.165) is 11.1 Å². The van der Waals surface area contributed by atoms with Crippen molar-refractivity contribution in [2.45, 2.75) is 13.5 Å². The fourth-order valence-corrected chi connectivity index (χ4v) is 3.33. The number of carbonyl (C=O) groups excluding carboxylic acids is 1. The number of carbonyl (C=O) groups is 2. The van der Waals surface area contributed by atoms with Gasteiger partial charge in [0.05, 0.1) is 21.8 Å². The van der Waals surface area contributed by atoms with Crippen LogP contribution in [0.5, 0.6) is 5.75 Å². The minimum atomic E-state index is -0.997. The van der Waals surface area contributed by atoms with Gasteiger partial charge in [0.25, 0.3) is 0 Å². The fourth-order valence-electron chi connectivity index (χ4n) is 2.72. The SMILES string of the molecule is Cc1ccccc1NC(=O)NN=Cc1cc(Cl)c(OCc2ccc(C(=O)O)cc2)c(Cl)c1. The molecule has 32 heavy (non-hydrogen) atoms. The molecule has 0 aliphatic rings. The number of rotatable bonds is 7. The van der Waals surface area contributed by atoms with Gasteiger partial charge in [-0.1, -0.05) is 53.5 Å². The number of carboxylic acid groups (broad SMARTS) is 1. The second kappa shape index (κ2) is 10.7. The molecule has 164 valence electrons. The van der Waals surface area contributed by atoms with Gasteiger partial charge in [0, 0.05) is 5.69 Å². The summed E-state index contributed by atoms with van der Waals surface area (Å²) in [6, 6.07) is 16.4. The number of anilines is 1. The summed E-state index contributed by atoms with van der Waals surface area (Å²) in [5, 5.41) is 16.1. The molecule has 0 saturated carbocycles. The molecule has 0 aliphatic heterocycles. The molecule has 3 N–H and O–H groups in total. The molecule has 3 aromatic carbocycles. The van der Waals surface area contributed by atoms with Gasteiger partial charge in [0.2, 0.25) is 0 Å².